The number of carbonyl (C=O) groups is 2. The number of nitrogens with one attached hydrogen (secondary N) is 1. The molecule has 0 heterocycles. The van der Waals surface area contributed by atoms with Crippen molar-refractivity contribution in [3.63, 3.8) is 0 Å². The fraction of sp³-hybridized carbons (Fsp3) is 0.333. The number of likely N-dealkylation sites (N-methyl/N-ethyl adjacent to an activating group) is 1. The summed E-state index contributed by atoms with van der Waals surface area (Å²) in [6.45, 7) is 4.58. The van der Waals surface area contributed by atoms with E-state index in [2.05, 4.69) is 5.32 Å². The Hall–Kier alpha value is -2.33. The van der Waals surface area contributed by atoms with Crippen molar-refractivity contribution in [2.45, 2.75) is 26.3 Å². The van der Waals surface area contributed by atoms with Gasteiger partial charge in [-0.05, 0) is 41.3 Å². The number of benzene rings is 2. The lowest BCUT2D eigenvalue weighted by Crippen LogP contribution is -2.33. The Morgan fingerprint density at radius 2 is 1.62 bits per heavy atom. The number of amides is 2. The van der Waals surface area contributed by atoms with E-state index in [1.807, 2.05) is 50.2 Å². The molecule has 26 heavy (non-hydrogen) atoms. The fourth-order valence-electron chi connectivity index (χ4n) is 2.98. The molecule has 0 radical (unpaired) electrons. The highest BCUT2D eigenvalue weighted by molar-refractivity contribution is 6.30. The maximum atomic E-state index is 13.0. The average molecular weight is 373 g/mol. The first-order valence-corrected chi connectivity index (χ1v) is 9.02. The molecule has 2 aromatic rings. The number of rotatable bonds is 6. The second kappa shape index (κ2) is 8.86. The summed E-state index contributed by atoms with van der Waals surface area (Å²) in [7, 11) is 3.41. The second-order valence-corrected chi connectivity index (χ2v) is 7.18. The van der Waals surface area contributed by atoms with Crippen LogP contribution in [0.2, 0.25) is 5.02 Å². The van der Waals surface area contributed by atoms with Gasteiger partial charge >= 0.3 is 0 Å². The third-order valence-electron chi connectivity index (χ3n) is 4.40. The summed E-state index contributed by atoms with van der Waals surface area (Å²) in [6.07, 6.45) is 0. The summed E-state index contributed by atoms with van der Waals surface area (Å²) in [6, 6.07) is 14.8. The van der Waals surface area contributed by atoms with Gasteiger partial charge in [-0.1, -0.05) is 49.7 Å². The minimum Gasteiger partial charge on any atom is -0.355 e. The van der Waals surface area contributed by atoms with Gasteiger partial charge in [0.2, 0.25) is 5.91 Å². The molecule has 0 aliphatic carbocycles. The van der Waals surface area contributed by atoms with E-state index in [9.17, 15) is 9.59 Å². The summed E-state index contributed by atoms with van der Waals surface area (Å²) in [4.78, 5) is 26.4. The van der Waals surface area contributed by atoms with Gasteiger partial charge < -0.3 is 10.2 Å². The molecule has 0 bridgehead atoms. The van der Waals surface area contributed by atoms with Gasteiger partial charge in [-0.3, -0.25) is 9.59 Å². The summed E-state index contributed by atoms with van der Waals surface area (Å²) in [5, 5.41) is 3.26. The number of hydrogen-bond acceptors (Lipinski definition) is 2. The summed E-state index contributed by atoms with van der Waals surface area (Å²) in [5.74, 6) is -0.106. The van der Waals surface area contributed by atoms with Crippen molar-refractivity contribution in [1.29, 1.82) is 0 Å². The van der Waals surface area contributed by atoms with Crippen LogP contribution in [-0.2, 0) is 11.3 Å². The van der Waals surface area contributed by atoms with Gasteiger partial charge in [0.25, 0.3) is 5.91 Å². The Morgan fingerprint density at radius 3 is 2.12 bits per heavy atom. The third kappa shape index (κ3) is 4.85. The maximum Gasteiger partial charge on any atom is 0.251 e. The molecule has 0 aliphatic heterocycles. The lowest BCUT2D eigenvalue weighted by molar-refractivity contribution is -0.133. The van der Waals surface area contributed by atoms with Crippen LogP contribution in [0.5, 0.6) is 0 Å². The topological polar surface area (TPSA) is 49.4 Å². The highest BCUT2D eigenvalue weighted by Crippen LogP contribution is 2.28. The normalized spacial score (nSPS) is 11.9. The Bertz CT molecular complexity index is 755. The molecule has 0 unspecified atom stereocenters. The molecule has 0 saturated heterocycles. The number of nitrogens with zero attached hydrogens (tertiary/aromatic N) is 1. The first-order valence-electron chi connectivity index (χ1n) is 8.65. The molecule has 138 valence electrons. The molecular formula is C21H25ClN2O2. The van der Waals surface area contributed by atoms with E-state index in [1.54, 1.807) is 31.1 Å². The third-order valence-corrected chi connectivity index (χ3v) is 4.65. The molecule has 0 saturated carbocycles. The van der Waals surface area contributed by atoms with Gasteiger partial charge in [0.15, 0.2) is 0 Å². The van der Waals surface area contributed by atoms with Crippen molar-refractivity contribution in [3.8, 4) is 0 Å². The molecule has 0 aliphatic rings. The average Bonchev–Trinajstić information content (AvgIpc) is 2.63. The Balaban J connectivity index is 2.13. The lowest BCUT2D eigenvalue weighted by atomic mass is 9.87. The molecule has 2 aromatic carbocycles. The zero-order valence-electron chi connectivity index (χ0n) is 15.6. The van der Waals surface area contributed by atoms with Crippen LogP contribution < -0.4 is 5.32 Å². The van der Waals surface area contributed by atoms with Gasteiger partial charge in [-0.25, -0.2) is 0 Å². The van der Waals surface area contributed by atoms with Crippen LogP contribution in [0.3, 0.4) is 0 Å². The first kappa shape index (κ1) is 20.0. The van der Waals surface area contributed by atoms with Gasteiger partial charge in [0.05, 0.1) is 5.92 Å². The van der Waals surface area contributed by atoms with Gasteiger partial charge in [0, 0.05) is 31.2 Å². The van der Waals surface area contributed by atoms with E-state index in [0.717, 1.165) is 11.1 Å². The summed E-state index contributed by atoms with van der Waals surface area (Å²) in [5.41, 5.74) is 2.55. The molecular weight excluding hydrogens is 348 g/mol. The van der Waals surface area contributed by atoms with Gasteiger partial charge in [-0.15, -0.1) is 0 Å². The molecule has 0 aromatic heterocycles. The number of hydrogen-bond donors (Lipinski definition) is 1. The molecule has 2 amide bonds. The van der Waals surface area contributed by atoms with Gasteiger partial charge in [0.1, 0.15) is 0 Å². The highest BCUT2D eigenvalue weighted by atomic mass is 35.5. The van der Waals surface area contributed by atoms with E-state index in [4.69, 9.17) is 11.6 Å². The van der Waals surface area contributed by atoms with Crippen molar-refractivity contribution in [3.05, 3.63) is 70.2 Å². The summed E-state index contributed by atoms with van der Waals surface area (Å²) >= 11 is 5.97. The van der Waals surface area contributed by atoms with Crippen molar-refractivity contribution in [1.82, 2.24) is 10.2 Å². The minimum atomic E-state index is -0.220. The minimum absolute atomic E-state index is 0.0673. The van der Waals surface area contributed by atoms with Crippen LogP contribution in [0.4, 0.5) is 0 Å². The Kier molecular flexibility index (Phi) is 6.81. The molecule has 2 rings (SSSR count). The predicted octanol–water partition coefficient (Wildman–Crippen LogP) is 4.10. The van der Waals surface area contributed by atoms with Crippen molar-refractivity contribution >= 4 is 23.4 Å². The first-order chi connectivity index (χ1) is 12.3. The molecule has 4 nitrogen and oxygen atoms in total. The number of halogens is 1. The van der Waals surface area contributed by atoms with Crippen LogP contribution in [0, 0.1) is 5.92 Å². The Labute approximate surface area is 160 Å². The van der Waals surface area contributed by atoms with Crippen LogP contribution in [0.25, 0.3) is 0 Å². The van der Waals surface area contributed by atoms with E-state index in [-0.39, 0.29) is 23.7 Å². The zero-order valence-corrected chi connectivity index (χ0v) is 16.4. The standard InChI is InChI=1S/C21H25ClN2O2/c1-14(2)19(16-9-11-18(22)12-10-16)21(26)24(4)13-15-5-7-17(8-6-15)20(25)23-3/h5-12,14,19H,13H2,1-4H3,(H,23,25)/t19-/m0/s1. The monoisotopic (exact) mass is 372 g/mol. The quantitative estimate of drug-likeness (QED) is 0.829. The Morgan fingerprint density at radius 1 is 1.04 bits per heavy atom. The van der Waals surface area contributed by atoms with Crippen LogP contribution in [-0.4, -0.2) is 30.8 Å². The molecule has 5 heteroatoms. The lowest BCUT2D eigenvalue weighted by Gasteiger charge is -2.27. The molecule has 0 fully saturated rings. The highest BCUT2D eigenvalue weighted by Gasteiger charge is 2.27. The van der Waals surface area contributed by atoms with E-state index < -0.39 is 0 Å². The molecule has 1 N–H and O–H groups in total. The maximum absolute atomic E-state index is 13.0. The largest absolute Gasteiger partial charge is 0.355 e. The van der Waals surface area contributed by atoms with Gasteiger partial charge in [-0.2, -0.15) is 0 Å². The zero-order chi connectivity index (χ0) is 19.3. The number of carbonyl (C=O) groups excluding carboxylic acids is 2. The van der Waals surface area contributed by atoms with E-state index >= 15 is 0 Å². The smallest absolute Gasteiger partial charge is 0.251 e. The molecule has 1 atom stereocenters. The molecule has 0 spiro atoms. The van der Waals surface area contributed by atoms with Crippen molar-refractivity contribution in [2.75, 3.05) is 14.1 Å². The second-order valence-electron chi connectivity index (χ2n) is 6.74. The van der Waals surface area contributed by atoms with E-state index in [0.29, 0.717) is 17.1 Å². The fourth-order valence-corrected chi connectivity index (χ4v) is 3.10. The summed E-state index contributed by atoms with van der Waals surface area (Å²) < 4.78 is 0. The van der Waals surface area contributed by atoms with Crippen LogP contribution in [0.1, 0.15) is 41.3 Å². The van der Waals surface area contributed by atoms with Crippen molar-refractivity contribution < 1.29 is 9.59 Å². The van der Waals surface area contributed by atoms with Crippen LogP contribution in [0.15, 0.2) is 48.5 Å². The van der Waals surface area contributed by atoms with Crippen LogP contribution >= 0.6 is 11.6 Å². The van der Waals surface area contributed by atoms with Crippen molar-refractivity contribution in [2.24, 2.45) is 5.92 Å². The van der Waals surface area contributed by atoms with E-state index in [1.165, 1.54) is 0 Å². The predicted molar refractivity (Wildman–Crippen MR) is 105 cm³/mol. The SMILES string of the molecule is CNC(=O)c1ccc(CN(C)C(=O)[C@H](c2ccc(Cl)cc2)C(C)C)cc1.